The summed E-state index contributed by atoms with van der Waals surface area (Å²) in [5, 5.41) is 11.3. The first-order valence-electron chi connectivity index (χ1n) is 11.1. The van der Waals surface area contributed by atoms with Gasteiger partial charge in [-0.25, -0.2) is 9.18 Å². The zero-order valence-electron chi connectivity index (χ0n) is 17.5. The van der Waals surface area contributed by atoms with Crippen molar-refractivity contribution in [1.29, 1.82) is 0 Å². The topological polar surface area (TPSA) is 40.5 Å². The van der Waals surface area contributed by atoms with Crippen LogP contribution in [0.3, 0.4) is 0 Å². The number of hydrogen-bond acceptors (Lipinski definition) is 3. The van der Waals surface area contributed by atoms with Gasteiger partial charge >= 0.3 is 5.91 Å². The fraction of sp³-hybridized carbons (Fsp3) is 0.480. The van der Waals surface area contributed by atoms with Gasteiger partial charge in [-0.05, 0) is 61.7 Å². The van der Waals surface area contributed by atoms with Crippen molar-refractivity contribution in [3.8, 4) is 0 Å². The van der Waals surface area contributed by atoms with Crippen molar-refractivity contribution < 1.29 is 18.8 Å². The lowest BCUT2D eigenvalue weighted by atomic mass is 9.75. The second kappa shape index (κ2) is 7.56. The number of amides is 1. The summed E-state index contributed by atoms with van der Waals surface area (Å²) in [5.41, 5.74) is 3.25. The monoisotopic (exact) mass is 409 g/mol. The van der Waals surface area contributed by atoms with Crippen LogP contribution in [0.2, 0.25) is 0 Å². The molecule has 0 saturated carbocycles. The van der Waals surface area contributed by atoms with Crippen LogP contribution >= 0.6 is 0 Å². The normalized spacial score (nSPS) is 33.7. The third-order valence-corrected chi connectivity index (χ3v) is 7.82. The second-order valence-electron chi connectivity index (χ2n) is 9.48. The predicted octanol–water partition coefficient (Wildman–Crippen LogP) is 3.15. The average Bonchev–Trinajstić information content (AvgIpc) is 2.79. The number of carbonyl (C=O) groups is 1. The van der Waals surface area contributed by atoms with Crippen LogP contribution in [0.5, 0.6) is 0 Å². The number of carbonyl (C=O) groups excluding carboxylic acids is 1. The lowest BCUT2D eigenvalue weighted by molar-refractivity contribution is -0.864. The number of rotatable bonds is 3. The molecule has 2 bridgehead atoms. The molecule has 30 heavy (non-hydrogen) atoms. The van der Waals surface area contributed by atoms with E-state index < -0.39 is 6.10 Å². The number of aliphatic hydroxyl groups is 1. The van der Waals surface area contributed by atoms with E-state index in [1.54, 1.807) is 12.1 Å². The summed E-state index contributed by atoms with van der Waals surface area (Å²) in [7, 11) is 1.96. The molecule has 2 aromatic rings. The van der Waals surface area contributed by atoms with Crippen LogP contribution in [-0.2, 0) is 11.2 Å². The van der Waals surface area contributed by atoms with E-state index in [4.69, 9.17) is 0 Å². The number of piperidine rings is 3. The Morgan fingerprint density at radius 1 is 1.13 bits per heavy atom. The molecule has 4 aliphatic rings. The number of benzene rings is 2. The Morgan fingerprint density at radius 3 is 2.50 bits per heavy atom. The van der Waals surface area contributed by atoms with Gasteiger partial charge in [-0.1, -0.05) is 24.3 Å². The smallest absolute Gasteiger partial charge is 0.343 e. The molecule has 0 radical (unpaired) electrons. The lowest BCUT2D eigenvalue weighted by Crippen LogP contribution is -2.62. The second-order valence-corrected chi connectivity index (χ2v) is 9.48. The lowest BCUT2D eigenvalue weighted by Gasteiger charge is -2.49. The minimum absolute atomic E-state index is 0.0148. The Balaban J connectivity index is 1.53. The number of hydrogen-bond donors (Lipinski definition) is 1. The Kier molecular flexibility index (Phi) is 5.00. The highest BCUT2D eigenvalue weighted by molar-refractivity contribution is 5.75. The first kappa shape index (κ1) is 19.9. The summed E-state index contributed by atoms with van der Waals surface area (Å²) < 4.78 is 13.8. The zero-order chi connectivity index (χ0) is 20.9. The Labute approximate surface area is 177 Å². The van der Waals surface area contributed by atoms with Crippen LogP contribution in [0.1, 0.15) is 35.6 Å². The standard InChI is InChI=1S/C25H30FN2O2/c1-28(25(30)24(29)22-16-27-13-10-18(22)11-14-27)15-12-17-4-2-3-5-21(17)23(28)19-6-8-20(26)9-7-19/h2-9,18,22-24,29H,10-16H2,1H3/q+1/t22-,23+,24-,28?/m1/s1. The molecule has 2 aromatic carbocycles. The van der Waals surface area contributed by atoms with Crippen molar-refractivity contribution in [3.63, 3.8) is 0 Å². The number of quaternary nitrogens is 1. The first-order valence-corrected chi connectivity index (χ1v) is 11.1. The van der Waals surface area contributed by atoms with Gasteiger partial charge in [0.1, 0.15) is 11.9 Å². The van der Waals surface area contributed by atoms with Gasteiger partial charge in [0, 0.05) is 30.0 Å². The first-order chi connectivity index (χ1) is 14.5. The van der Waals surface area contributed by atoms with Gasteiger partial charge in [0.25, 0.3) is 0 Å². The van der Waals surface area contributed by atoms with Crippen LogP contribution in [0.4, 0.5) is 4.39 Å². The summed E-state index contributed by atoms with van der Waals surface area (Å²) in [6, 6.07) is 14.5. The molecule has 4 heterocycles. The molecule has 1 N–H and O–H groups in total. The van der Waals surface area contributed by atoms with Crippen LogP contribution < -0.4 is 0 Å². The molecule has 1 unspecified atom stereocenters. The van der Waals surface area contributed by atoms with Gasteiger partial charge in [-0.2, -0.15) is 0 Å². The van der Waals surface area contributed by atoms with E-state index in [1.807, 2.05) is 19.2 Å². The highest BCUT2D eigenvalue weighted by atomic mass is 19.1. The van der Waals surface area contributed by atoms with E-state index in [-0.39, 0.29) is 28.2 Å². The maximum absolute atomic E-state index is 13.9. The SMILES string of the molecule is C[N+]1(C(=O)[C@H](O)[C@@H]2CN3CCC2CC3)CCc2ccccc2[C@@H]1c1ccc(F)cc1. The Bertz CT molecular complexity index is 938. The van der Waals surface area contributed by atoms with E-state index in [1.165, 1.54) is 17.7 Å². The number of nitrogens with zero attached hydrogens (tertiary/aromatic N) is 2. The Morgan fingerprint density at radius 2 is 1.83 bits per heavy atom. The third-order valence-electron chi connectivity index (χ3n) is 7.82. The maximum atomic E-state index is 13.9. The van der Waals surface area contributed by atoms with Gasteiger partial charge in [-0.3, -0.25) is 4.48 Å². The van der Waals surface area contributed by atoms with Crippen molar-refractivity contribution in [3.05, 3.63) is 71.0 Å². The molecular formula is C25H30FN2O2+. The van der Waals surface area contributed by atoms with E-state index in [2.05, 4.69) is 17.0 Å². The van der Waals surface area contributed by atoms with Crippen LogP contribution in [0.25, 0.3) is 0 Å². The van der Waals surface area contributed by atoms with E-state index >= 15 is 0 Å². The minimum atomic E-state index is -0.962. The molecule has 158 valence electrons. The van der Waals surface area contributed by atoms with Gasteiger partial charge in [-0.15, -0.1) is 0 Å². The van der Waals surface area contributed by atoms with Crippen LogP contribution in [-0.4, -0.2) is 59.7 Å². The molecule has 5 heteroatoms. The molecule has 0 aromatic heterocycles. The fourth-order valence-electron chi connectivity index (χ4n) is 6.06. The third kappa shape index (κ3) is 3.20. The van der Waals surface area contributed by atoms with Crippen molar-refractivity contribution in [2.24, 2.45) is 11.8 Å². The summed E-state index contributed by atoms with van der Waals surface area (Å²) >= 11 is 0. The molecule has 6 rings (SSSR count). The van der Waals surface area contributed by atoms with Crippen molar-refractivity contribution in [1.82, 2.24) is 4.90 Å². The molecule has 4 aliphatic heterocycles. The molecule has 0 spiro atoms. The van der Waals surface area contributed by atoms with Crippen molar-refractivity contribution in [2.75, 3.05) is 33.2 Å². The minimum Gasteiger partial charge on any atom is -0.379 e. The molecule has 1 amide bonds. The molecule has 3 saturated heterocycles. The maximum Gasteiger partial charge on any atom is 0.343 e. The van der Waals surface area contributed by atoms with Gasteiger partial charge in [0.15, 0.2) is 6.10 Å². The van der Waals surface area contributed by atoms with Gasteiger partial charge in [0.2, 0.25) is 0 Å². The van der Waals surface area contributed by atoms with Crippen molar-refractivity contribution >= 4 is 5.91 Å². The molecule has 4 atom stereocenters. The van der Waals surface area contributed by atoms with E-state index in [0.717, 1.165) is 50.0 Å². The van der Waals surface area contributed by atoms with E-state index in [9.17, 15) is 14.3 Å². The van der Waals surface area contributed by atoms with Crippen LogP contribution in [0, 0.1) is 17.7 Å². The number of aliphatic hydroxyl groups excluding tert-OH is 1. The number of halogens is 1. The summed E-state index contributed by atoms with van der Waals surface area (Å²) in [6.07, 6.45) is 1.98. The summed E-state index contributed by atoms with van der Waals surface area (Å²) in [4.78, 5) is 16.3. The fourth-order valence-corrected chi connectivity index (χ4v) is 6.06. The summed E-state index contributed by atoms with van der Waals surface area (Å²) in [5.74, 6) is 0.0659. The highest BCUT2D eigenvalue weighted by Gasteiger charge is 2.51. The van der Waals surface area contributed by atoms with E-state index in [0.29, 0.717) is 12.5 Å². The summed E-state index contributed by atoms with van der Waals surface area (Å²) in [6.45, 7) is 3.62. The van der Waals surface area contributed by atoms with Gasteiger partial charge in [0.05, 0.1) is 13.6 Å². The molecule has 4 nitrogen and oxygen atoms in total. The average molecular weight is 410 g/mol. The predicted molar refractivity (Wildman–Crippen MR) is 113 cm³/mol. The van der Waals surface area contributed by atoms with Crippen LogP contribution in [0.15, 0.2) is 48.5 Å². The van der Waals surface area contributed by atoms with Crippen molar-refractivity contribution in [2.45, 2.75) is 31.4 Å². The largest absolute Gasteiger partial charge is 0.379 e. The molecule has 0 aliphatic carbocycles. The molecule has 3 fully saturated rings. The highest BCUT2D eigenvalue weighted by Crippen LogP contribution is 2.42. The zero-order valence-corrected chi connectivity index (χ0v) is 17.5. The van der Waals surface area contributed by atoms with Gasteiger partial charge < -0.3 is 10.0 Å². The number of likely N-dealkylation sites (N-methyl/N-ethyl adjacent to an activating group) is 1. The molecular weight excluding hydrogens is 379 g/mol. The Hall–Kier alpha value is -2.08. The number of fused-ring (bicyclic) bond motifs is 4. The quantitative estimate of drug-likeness (QED) is 0.792.